The van der Waals surface area contributed by atoms with Crippen molar-refractivity contribution in [1.29, 1.82) is 0 Å². The topological polar surface area (TPSA) is 72.6 Å². The van der Waals surface area contributed by atoms with Gasteiger partial charge in [0.25, 0.3) is 0 Å². The number of carbonyl (C=O) groups excluding carboxylic acids is 1. The third-order valence-electron chi connectivity index (χ3n) is 4.60. The Hall–Kier alpha value is -3.19. The largest absolute Gasteiger partial charge is 0.443 e. The molecule has 3 aromatic heterocycles. The van der Waals surface area contributed by atoms with Crippen molar-refractivity contribution in [3.63, 3.8) is 0 Å². The van der Waals surface area contributed by atoms with Crippen LogP contribution in [0.3, 0.4) is 0 Å². The molecule has 8 heteroatoms. The van der Waals surface area contributed by atoms with Gasteiger partial charge < -0.3 is 4.74 Å². The van der Waals surface area contributed by atoms with Crippen LogP contribution in [0, 0.1) is 13.8 Å². The van der Waals surface area contributed by atoms with Gasteiger partial charge in [0.15, 0.2) is 11.5 Å². The Bertz CT molecular complexity index is 1260. The van der Waals surface area contributed by atoms with Gasteiger partial charge in [-0.15, -0.1) is 0 Å². The molecule has 4 aromatic rings. The maximum absolute atomic E-state index is 13.4. The Labute approximate surface area is 179 Å². The number of halogens is 1. The molecule has 0 saturated heterocycles. The van der Waals surface area contributed by atoms with E-state index in [1.807, 2.05) is 58.9 Å². The molecule has 0 atom stereocenters. The SMILES string of the molecule is Cc1cccc(C)c1N(C(=O)OC(C)(C)C)c1nc2cccnc2n2c(Cl)ncc12. The number of pyridine rings is 1. The molecule has 0 aliphatic heterocycles. The summed E-state index contributed by atoms with van der Waals surface area (Å²) in [5, 5.41) is 0.239. The highest BCUT2D eigenvalue weighted by Gasteiger charge is 2.30. The second-order valence-corrected chi connectivity index (χ2v) is 8.42. The quantitative estimate of drug-likeness (QED) is 0.418. The van der Waals surface area contributed by atoms with Crippen LogP contribution in [-0.2, 0) is 4.74 Å². The summed E-state index contributed by atoms with van der Waals surface area (Å²) in [5.41, 5.74) is 3.55. The number of para-hydroxylation sites is 1. The molecule has 30 heavy (non-hydrogen) atoms. The fraction of sp³-hybridized carbons (Fsp3) is 0.273. The number of anilines is 2. The van der Waals surface area contributed by atoms with Crippen molar-refractivity contribution in [3.8, 4) is 0 Å². The van der Waals surface area contributed by atoms with E-state index in [9.17, 15) is 4.79 Å². The summed E-state index contributed by atoms with van der Waals surface area (Å²) in [6, 6.07) is 9.45. The van der Waals surface area contributed by atoms with Crippen LogP contribution in [0.1, 0.15) is 31.9 Å². The van der Waals surface area contributed by atoms with E-state index in [2.05, 4.69) is 9.97 Å². The zero-order chi connectivity index (χ0) is 21.6. The molecular weight excluding hydrogens is 402 g/mol. The van der Waals surface area contributed by atoms with Crippen molar-refractivity contribution in [2.75, 3.05) is 4.90 Å². The van der Waals surface area contributed by atoms with Crippen LogP contribution in [0.5, 0.6) is 0 Å². The average molecular weight is 424 g/mol. The first-order valence-electron chi connectivity index (χ1n) is 9.54. The van der Waals surface area contributed by atoms with E-state index in [0.29, 0.717) is 28.2 Å². The molecule has 1 aromatic carbocycles. The first-order valence-corrected chi connectivity index (χ1v) is 9.92. The third-order valence-corrected chi connectivity index (χ3v) is 4.87. The maximum Gasteiger partial charge on any atom is 0.420 e. The third kappa shape index (κ3) is 3.45. The zero-order valence-corrected chi connectivity index (χ0v) is 18.2. The average Bonchev–Trinajstić information content (AvgIpc) is 3.05. The molecule has 7 nitrogen and oxygen atoms in total. The van der Waals surface area contributed by atoms with Gasteiger partial charge in [-0.3, -0.25) is 4.40 Å². The highest BCUT2D eigenvalue weighted by atomic mass is 35.5. The van der Waals surface area contributed by atoms with Crippen LogP contribution < -0.4 is 4.90 Å². The monoisotopic (exact) mass is 423 g/mol. The molecule has 0 bridgehead atoms. The van der Waals surface area contributed by atoms with Crippen molar-refractivity contribution in [3.05, 3.63) is 59.1 Å². The molecule has 1 amide bonds. The number of hydrogen-bond donors (Lipinski definition) is 0. The van der Waals surface area contributed by atoms with E-state index in [0.717, 1.165) is 11.1 Å². The standard InChI is InChI=1S/C22H22ClN5O2/c1-13-8-6-9-14(2)17(13)28(21(29)30-22(3,4)5)19-16-12-25-20(23)27(16)18-15(26-19)10-7-11-24-18/h6-12H,1-5H3. The lowest BCUT2D eigenvalue weighted by atomic mass is 10.1. The predicted octanol–water partition coefficient (Wildman–Crippen LogP) is 5.62. The van der Waals surface area contributed by atoms with Gasteiger partial charge in [0, 0.05) is 6.20 Å². The minimum absolute atomic E-state index is 0.239. The number of benzene rings is 1. The fourth-order valence-electron chi connectivity index (χ4n) is 3.42. The number of hydrogen-bond acceptors (Lipinski definition) is 5. The summed E-state index contributed by atoms with van der Waals surface area (Å²) in [4.78, 5) is 28.3. The molecule has 4 rings (SSSR count). The van der Waals surface area contributed by atoms with E-state index < -0.39 is 11.7 Å². The van der Waals surface area contributed by atoms with Crippen LogP contribution in [0.4, 0.5) is 16.3 Å². The molecule has 3 heterocycles. The molecule has 0 unspecified atom stereocenters. The molecule has 0 radical (unpaired) electrons. The number of rotatable bonds is 2. The predicted molar refractivity (Wildman–Crippen MR) is 118 cm³/mol. The normalized spacial score (nSPS) is 11.8. The van der Waals surface area contributed by atoms with Crippen molar-refractivity contribution in [2.45, 2.75) is 40.2 Å². The number of aryl methyl sites for hydroxylation is 2. The first-order chi connectivity index (χ1) is 14.2. The van der Waals surface area contributed by atoms with Crippen molar-refractivity contribution in [1.82, 2.24) is 19.4 Å². The lowest BCUT2D eigenvalue weighted by Gasteiger charge is -2.29. The van der Waals surface area contributed by atoms with E-state index in [-0.39, 0.29) is 5.28 Å². The summed E-state index contributed by atoms with van der Waals surface area (Å²) in [7, 11) is 0. The minimum Gasteiger partial charge on any atom is -0.443 e. The Morgan fingerprint density at radius 3 is 2.47 bits per heavy atom. The van der Waals surface area contributed by atoms with E-state index in [1.54, 1.807) is 22.9 Å². The molecule has 154 valence electrons. The van der Waals surface area contributed by atoms with Gasteiger partial charge in [-0.1, -0.05) is 18.2 Å². The molecule has 0 saturated carbocycles. The molecule has 0 spiro atoms. The number of amides is 1. The summed E-state index contributed by atoms with van der Waals surface area (Å²) >= 11 is 6.37. The minimum atomic E-state index is -0.682. The molecular formula is C22H22ClN5O2. The zero-order valence-electron chi connectivity index (χ0n) is 17.5. The van der Waals surface area contributed by atoms with Gasteiger partial charge in [0.2, 0.25) is 5.28 Å². The number of nitrogens with zero attached hydrogens (tertiary/aromatic N) is 5. The lowest BCUT2D eigenvalue weighted by Crippen LogP contribution is -2.35. The van der Waals surface area contributed by atoms with Crippen LogP contribution in [0.2, 0.25) is 5.28 Å². The smallest absolute Gasteiger partial charge is 0.420 e. The van der Waals surface area contributed by atoms with E-state index >= 15 is 0 Å². The molecule has 0 aliphatic carbocycles. The number of imidazole rings is 1. The highest BCUT2D eigenvalue weighted by molar-refractivity contribution is 6.29. The van der Waals surface area contributed by atoms with Crippen LogP contribution >= 0.6 is 11.6 Å². The van der Waals surface area contributed by atoms with Crippen molar-refractivity contribution >= 4 is 45.9 Å². The summed E-state index contributed by atoms with van der Waals surface area (Å²) in [5.74, 6) is 0.376. The summed E-state index contributed by atoms with van der Waals surface area (Å²) < 4.78 is 7.44. The van der Waals surface area contributed by atoms with Crippen LogP contribution in [-0.4, -0.2) is 31.0 Å². The Balaban J connectivity index is 2.07. The van der Waals surface area contributed by atoms with Gasteiger partial charge in [-0.05, 0) is 69.5 Å². The van der Waals surface area contributed by atoms with E-state index in [4.69, 9.17) is 21.3 Å². The first kappa shape index (κ1) is 20.1. The second-order valence-electron chi connectivity index (χ2n) is 8.09. The number of carbonyl (C=O) groups is 1. The maximum atomic E-state index is 13.4. The Kier molecular flexibility index (Phi) is 4.86. The van der Waals surface area contributed by atoms with Crippen molar-refractivity contribution in [2.24, 2.45) is 0 Å². The van der Waals surface area contributed by atoms with E-state index in [1.165, 1.54) is 4.90 Å². The van der Waals surface area contributed by atoms with Gasteiger partial charge in [0.1, 0.15) is 16.6 Å². The highest BCUT2D eigenvalue weighted by Crippen LogP contribution is 2.36. The summed E-state index contributed by atoms with van der Waals surface area (Å²) in [6.45, 7) is 9.39. The Morgan fingerprint density at radius 1 is 1.10 bits per heavy atom. The number of aromatic nitrogens is 4. The van der Waals surface area contributed by atoms with Gasteiger partial charge >= 0.3 is 6.09 Å². The Morgan fingerprint density at radius 2 is 1.80 bits per heavy atom. The van der Waals surface area contributed by atoms with Crippen molar-refractivity contribution < 1.29 is 9.53 Å². The lowest BCUT2D eigenvalue weighted by molar-refractivity contribution is 0.0598. The fourth-order valence-corrected chi connectivity index (χ4v) is 3.64. The van der Waals surface area contributed by atoms with Gasteiger partial charge in [-0.25, -0.2) is 24.6 Å². The molecule has 0 fully saturated rings. The molecule has 0 aliphatic rings. The summed E-state index contributed by atoms with van der Waals surface area (Å²) in [6.07, 6.45) is 2.72. The van der Waals surface area contributed by atoms with Crippen LogP contribution in [0.15, 0.2) is 42.7 Å². The van der Waals surface area contributed by atoms with Gasteiger partial charge in [-0.2, -0.15) is 0 Å². The molecule has 0 N–H and O–H groups in total. The number of ether oxygens (including phenoxy) is 1. The van der Waals surface area contributed by atoms with Crippen LogP contribution in [0.25, 0.3) is 16.7 Å². The van der Waals surface area contributed by atoms with Gasteiger partial charge in [0.05, 0.1) is 11.9 Å². The number of fused-ring (bicyclic) bond motifs is 3. The second kappa shape index (κ2) is 7.25.